The van der Waals surface area contributed by atoms with Crippen molar-refractivity contribution < 1.29 is 22.3 Å². The Morgan fingerprint density at radius 3 is 2.35 bits per heavy atom. The number of methoxy groups -OCH3 is 1. The molecule has 0 unspecified atom stereocenters. The first-order valence-electron chi connectivity index (χ1n) is 5.57. The van der Waals surface area contributed by atoms with Gasteiger partial charge in [-0.25, -0.2) is 0 Å². The summed E-state index contributed by atoms with van der Waals surface area (Å²) < 4.78 is 57.7. The van der Waals surface area contributed by atoms with Crippen LogP contribution in [0.2, 0.25) is 0 Å². The molecule has 1 aromatic carbocycles. The minimum absolute atomic E-state index is 0.266. The number of nitrogens with one attached hydrogen (secondary N) is 1. The predicted octanol–water partition coefficient (Wildman–Crippen LogP) is 3.53. The van der Waals surface area contributed by atoms with Crippen LogP contribution in [0.1, 0.15) is 5.56 Å². The molecule has 0 spiro atoms. The third kappa shape index (κ3) is 2.88. The SMILES string of the molecule is COCc1cccc(Nc2c(F)c(F)nc(F)c2F)c1. The van der Waals surface area contributed by atoms with Crippen LogP contribution in [0.5, 0.6) is 0 Å². The van der Waals surface area contributed by atoms with Crippen molar-refractivity contribution in [3.8, 4) is 0 Å². The van der Waals surface area contributed by atoms with Gasteiger partial charge in [0.1, 0.15) is 5.69 Å². The predicted molar refractivity (Wildman–Crippen MR) is 64.5 cm³/mol. The average molecular weight is 286 g/mol. The molecule has 1 N–H and O–H groups in total. The van der Waals surface area contributed by atoms with Gasteiger partial charge in [0.05, 0.1) is 6.61 Å². The molecule has 0 saturated carbocycles. The van der Waals surface area contributed by atoms with Gasteiger partial charge < -0.3 is 10.1 Å². The summed E-state index contributed by atoms with van der Waals surface area (Å²) in [6.07, 6.45) is 0. The van der Waals surface area contributed by atoms with Crippen LogP contribution in [0.25, 0.3) is 0 Å². The standard InChI is InChI=1S/C13H10F4N2O/c1-20-6-7-3-2-4-8(5-7)18-11-9(14)12(16)19-13(17)10(11)15/h2-5H,6H2,1H3,(H,18,19). The molecule has 3 nitrogen and oxygen atoms in total. The first kappa shape index (κ1) is 14.3. The Labute approximate surface area is 112 Å². The zero-order chi connectivity index (χ0) is 14.7. The molecule has 0 aliphatic rings. The van der Waals surface area contributed by atoms with Crippen LogP contribution in [-0.4, -0.2) is 12.1 Å². The van der Waals surface area contributed by atoms with E-state index in [-0.39, 0.29) is 5.69 Å². The summed E-state index contributed by atoms with van der Waals surface area (Å²) in [4.78, 5) is 2.48. The van der Waals surface area contributed by atoms with Crippen LogP contribution >= 0.6 is 0 Å². The van der Waals surface area contributed by atoms with Gasteiger partial charge >= 0.3 is 0 Å². The van der Waals surface area contributed by atoms with Crippen molar-refractivity contribution in [3.05, 3.63) is 53.4 Å². The van der Waals surface area contributed by atoms with Gasteiger partial charge in [0.2, 0.25) is 11.6 Å². The Bertz CT molecular complexity index is 608. The van der Waals surface area contributed by atoms with Crippen LogP contribution in [0.3, 0.4) is 0 Å². The Hall–Kier alpha value is -2.15. The molecule has 7 heteroatoms. The van der Waals surface area contributed by atoms with Crippen molar-refractivity contribution in [2.45, 2.75) is 6.61 Å². The smallest absolute Gasteiger partial charge is 0.253 e. The Balaban J connectivity index is 2.37. The van der Waals surface area contributed by atoms with E-state index in [0.717, 1.165) is 5.56 Å². The molecule has 2 rings (SSSR count). The van der Waals surface area contributed by atoms with E-state index in [9.17, 15) is 17.6 Å². The molecule has 106 valence electrons. The summed E-state index contributed by atoms with van der Waals surface area (Å²) >= 11 is 0. The number of nitrogens with zero attached hydrogens (tertiary/aromatic N) is 1. The summed E-state index contributed by atoms with van der Waals surface area (Å²) in [5, 5.41) is 2.30. The van der Waals surface area contributed by atoms with E-state index in [2.05, 4.69) is 10.3 Å². The molecular formula is C13H10F4N2O. The molecular weight excluding hydrogens is 276 g/mol. The second-order valence-corrected chi connectivity index (χ2v) is 3.95. The van der Waals surface area contributed by atoms with E-state index >= 15 is 0 Å². The van der Waals surface area contributed by atoms with E-state index in [0.29, 0.717) is 6.61 Å². The first-order chi connectivity index (χ1) is 9.52. The monoisotopic (exact) mass is 286 g/mol. The van der Waals surface area contributed by atoms with Gasteiger partial charge in [-0.05, 0) is 17.7 Å². The number of hydrogen-bond acceptors (Lipinski definition) is 3. The maximum absolute atomic E-state index is 13.4. The molecule has 1 aromatic heterocycles. The Morgan fingerprint density at radius 1 is 1.10 bits per heavy atom. The van der Waals surface area contributed by atoms with Crippen LogP contribution in [0.15, 0.2) is 24.3 Å². The second-order valence-electron chi connectivity index (χ2n) is 3.95. The van der Waals surface area contributed by atoms with E-state index in [4.69, 9.17) is 4.74 Å². The number of pyridine rings is 1. The number of rotatable bonds is 4. The first-order valence-corrected chi connectivity index (χ1v) is 5.57. The zero-order valence-corrected chi connectivity index (χ0v) is 10.4. The molecule has 0 aliphatic carbocycles. The molecule has 0 saturated heterocycles. The number of halogens is 4. The summed E-state index contributed by atoms with van der Waals surface area (Å²) in [5.41, 5.74) is 0.0697. The van der Waals surface area contributed by atoms with Gasteiger partial charge in [-0.2, -0.15) is 22.5 Å². The highest BCUT2D eigenvalue weighted by atomic mass is 19.2. The fourth-order valence-electron chi connectivity index (χ4n) is 1.65. The van der Waals surface area contributed by atoms with E-state index in [1.54, 1.807) is 18.2 Å². The lowest BCUT2D eigenvalue weighted by atomic mass is 10.2. The lowest BCUT2D eigenvalue weighted by molar-refractivity contribution is 0.185. The number of ether oxygens (including phenoxy) is 1. The van der Waals surface area contributed by atoms with Gasteiger partial charge in [0, 0.05) is 12.8 Å². The lowest BCUT2D eigenvalue weighted by Gasteiger charge is -2.10. The number of anilines is 2. The van der Waals surface area contributed by atoms with Gasteiger partial charge in [-0.15, -0.1) is 0 Å². The van der Waals surface area contributed by atoms with Crippen molar-refractivity contribution in [3.63, 3.8) is 0 Å². The quantitative estimate of drug-likeness (QED) is 0.689. The van der Waals surface area contributed by atoms with Crippen LogP contribution in [0.4, 0.5) is 28.9 Å². The van der Waals surface area contributed by atoms with Crippen molar-refractivity contribution in [2.24, 2.45) is 0 Å². The zero-order valence-electron chi connectivity index (χ0n) is 10.4. The molecule has 20 heavy (non-hydrogen) atoms. The molecule has 0 radical (unpaired) electrons. The number of hydrogen-bond donors (Lipinski definition) is 1. The number of benzene rings is 1. The summed E-state index contributed by atoms with van der Waals surface area (Å²) in [5.74, 6) is -6.58. The molecule has 2 aromatic rings. The molecule has 0 atom stereocenters. The summed E-state index contributed by atoms with van der Waals surface area (Å²) in [6, 6.07) is 6.38. The lowest BCUT2D eigenvalue weighted by Crippen LogP contribution is -2.06. The van der Waals surface area contributed by atoms with Gasteiger partial charge in [0.15, 0.2) is 0 Å². The van der Waals surface area contributed by atoms with Crippen molar-refractivity contribution in [1.29, 1.82) is 0 Å². The molecule has 1 heterocycles. The van der Waals surface area contributed by atoms with Crippen LogP contribution in [-0.2, 0) is 11.3 Å². The average Bonchev–Trinajstić information content (AvgIpc) is 2.42. The minimum atomic E-state index is -1.71. The topological polar surface area (TPSA) is 34.1 Å². The Kier molecular flexibility index (Phi) is 4.19. The fourth-order valence-corrected chi connectivity index (χ4v) is 1.65. The van der Waals surface area contributed by atoms with E-state index in [1.807, 2.05) is 0 Å². The largest absolute Gasteiger partial charge is 0.380 e. The maximum atomic E-state index is 13.4. The minimum Gasteiger partial charge on any atom is -0.380 e. The second kappa shape index (κ2) is 5.87. The van der Waals surface area contributed by atoms with Crippen LogP contribution in [0, 0.1) is 23.5 Å². The van der Waals surface area contributed by atoms with Gasteiger partial charge in [-0.3, -0.25) is 0 Å². The molecule has 0 fully saturated rings. The third-order valence-corrected chi connectivity index (χ3v) is 2.50. The normalized spacial score (nSPS) is 10.7. The Morgan fingerprint density at radius 2 is 1.75 bits per heavy atom. The van der Waals surface area contributed by atoms with Gasteiger partial charge in [-0.1, -0.05) is 12.1 Å². The fraction of sp³-hybridized carbons (Fsp3) is 0.154. The highest BCUT2D eigenvalue weighted by molar-refractivity contribution is 5.61. The van der Waals surface area contributed by atoms with Crippen molar-refractivity contribution in [2.75, 3.05) is 12.4 Å². The highest BCUT2D eigenvalue weighted by Crippen LogP contribution is 2.26. The summed E-state index contributed by atoms with van der Waals surface area (Å²) in [6.45, 7) is 0.291. The molecule has 0 amide bonds. The third-order valence-electron chi connectivity index (χ3n) is 2.50. The van der Waals surface area contributed by atoms with E-state index in [1.165, 1.54) is 13.2 Å². The molecule has 0 bridgehead atoms. The van der Waals surface area contributed by atoms with Crippen molar-refractivity contribution in [1.82, 2.24) is 4.98 Å². The summed E-state index contributed by atoms with van der Waals surface area (Å²) in [7, 11) is 1.49. The van der Waals surface area contributed by atoms with E-state index < -0.39 is 29.2 Å². The van der Waals surface area contributed by atoms with Gasteiger partial charge in [0.25, 0.3) is 11.9 Å². The molecule has 0 aliphatic heterocycles. The maximum Gasteiger partial charge on any atom is 0.253 e. The van der Waals surface area contributed by atoms with Crippen molar-refractivity contribution >= 4 is 11.4 Å². The number of aromatic nitrogens is 1. The highest BCUT2D eigenvalue weighted by Gasteiger charge is 2.20. The van der Waals surface area contributed by atoms with Crippen LogP contribution < -0.4 is 5.32 Å².